The van der Waals surface area contributed by atoms with Crippen molar-refractivity contribution in [2.75, 3.05) is 11.5 Å². The van der Waals surface area contributed by atoms with Gasteiger partial charge in [-0.1, -0.05) is 0 Å². The molecule has 0 radical (unpaired) electrons. The van der Waals surface area contributed by atoms with Crippen LogP contribution < -0.4 is 5.32 Å². The van der Waals surface area contributed by atoms with E-state index in [-0.39, 0.29) is 6.04 Å². The van der Waals surface area contributed by atoms with Crippen LogP contribution in [0.1, 0.15) is 35.7 Å². The van der Waals surface area contributed by atoms with Gasteiger partial charge in [0.2, 0.25) is 0 Å². The van der Waals surface area contributed by atoms with Gasteiger partial charge in [0.15, 0.2) is 9.84 Å². The zero-order valence-electron chi connectivity index (χ0n) is 9.99. The molecule has 0 aromatic carbocycles. The minimum absolute atomic E-state index is 0.156. The van der Waals surface area contributed by atoms with Crippen molar-refractivity contribution in [1.82, 2.24) is 5.32 Å². The molecule has 6 heteroatoms. The summed E-state index contributed by atoms with van der Waals surface area (Å²) >= 11 is 4.26. The number of rotatable bonds is 2. The van der Waals surface area contributed by atoms with Gasteiger partial charge in [-0.3, -0.25) is 0 Å². The molecule has 3 nitrogen and oxygen atoms in total. The van der Waals surface area contributed by atoms with E-state index in [0.717, 1.165) is 12.8 Å². The molecule has 3 rings (SSSR count). The zero-order valence-corrected chi connectivity index (χ0v) is 13.8. The largest absolute Gasteiger partial charge is 0.306 e. The van der Waals surface area contributed by atoms with Crippen molar-refractivity contribution in [2.24, 2.45) is 0 Å². The zero-order chi connectivity index (χ0) is 12.8. The molecule has 100 valence electrons. The van der Waals surface area contributed by atoms with Gasteiger partial charge in [-0.25, -0.2) is 8.42 Å². The number of thiophene rings is 1. The summed E-state index contributed by atoms with van der Waals surface area (Å²) in [6, 6.07) is 2.79. The van der Waals surface area contributed by atoms with Gasteiger partial charge in [0, 0.05) is 17.0 Å². The lowest BCUT2D eigenvalue weighted by atomic mass is 9.93. The summed E-state index contributed by atoms with van der Waals surface area (Å²) < 4.78 is 24.3. The van der Waals surface area contributed by atoms with Crippen molar-refractivity contribution in [3.05, 3.63) is 19.4 Å². The predicted molar refractivity (Wildman–Crippen MR) is 82.9 cm³/mol. The van der Waals surface area contributed by atoms with Crippen LogP contribution in [0.25, 0.3) is 0 Å². The van der Waals surface area contributed by atoms with E-state index < -0.39 is 9.84 Å². The number of hydrogen-bond acceptors (Lipinski definition) is 4. The first kappa shape index (κ1) is 13.3. The van der Waals surface area contributed by atoms with Crippen molar-refractivity contribution in [1.29, 1.82) is 0 Å². The highest BCUT2D eigenvalue weighted by atomic mass is 127. The molecule has 1 aromatic heterocycles. The Hall–Kier alpha value is 0.340. The van der Waals surface area contributed by atoms with Crippen molar-refractivity contribution < 1.29 is 8.42 Å². The number of halogens is 1. The van der Waals surface area contributed by atoms with Crippen LogP contribution in [0.15, 0.2) is 6.07 Å². The van der Waals surface area contributed by atoms with Gasteiger partial charge in [-0.05, 0) is 59.9 Å². The highest BCUT2D eigenvalue weighted by molar-refractivity contribution is 14.1. The van der Waals surface area contributed by atoms with Crippen LogP contribution in [0.2, 0.25) is 0 Å². The third-order valence-electron chi connectivity index (χ3n) is 3.75. The Balaban J connectivity index is 1.75. The number of sulfone groups is 1. The number of aryl methyl sites for hydroxylation is 1. The van der Waals surface area contributed by atoms with Gasteiger partial charge in [-0.15, -0.1) is 11.3 Å². The normalized spacial score (nSPS) is 30.3. The predicted octanol–water partition coefficient (Wildman–Crippen LogP) is 2.51. The summed E-state index contributed by atoms with van der Waals surface area (Å²) in [5.41, 5.74) is 1.42. The molecule has 0 amide bonds. The first-order valence-corrected chi connectivity index (χ1v) is 10.00. The van der Waals surface area contributed by atoms with Crippen LogP contribution in [-0.2, 0) is 16.3 Å². The fourth-order valence-electron chi connectivity index (χ4n) is 2.91. The first-order chi connectivity index (χ1) is 8.53. The molecular formula is C12H16INO2S2. The Morgan fingerprint density at radius 1 is 1.39 bits per heavy atom. The Kier molecular flexibility index (Phi) is 3.72. The highest BCUT2D eigenvalue weighted by Crippen LogP contribution is 2.36. The summed E-state index contributed by atoms with van der Waals surface area (Å²) in [4.78, 5) is 1.49. The van der Waals surface area contributed by atoms with E-state index in [1.165, 1.54) is 26.2 Å². The van der Waals surface area contributed by atoms with Crippen LogP contribution >= 0.6 is 33.9 Å². The molecule has 1 saturated heterocycles. The Morgan fingerprint density at radius 2 is 2.22 bits per heavy atom. The fourth-order valence-corrected chi connectivity index (χ4v) is 6.71. The molecule has 1 fully saturated rings. The van der Waals surface area contributed by atoms with E-state index >= 15 is 0 Å². The quantitative estimate of drug-likeness (QED) is 0.781. The van der Waals surface area contributed by atoms with Gasteiger partial charge in [0.1, 0.15) is 0 Å². The minimum Gasteiger partial charge on any atom is -0.306 e. The second kappa shape index (κ2) is 5.03. The van der Waals surface area contributed by atoms with E-state index in [0.29, 0.717) is 17.5 Å². The van der Waals surface area contributed by atoms with E-state index in [4.69, 9.17) is 0 Å². The fraction of sp³-hybridized carbons (Fsp3) is 0.667. The average Bonchev–Trinajstić information content (AvgIpc) is 2.81. The molecule has 1 aliphatic heterocycles. The molecule has 2 aliphatic rings. The van der Waals surface area contributed by atoms with Crippen LogP contribution in [0, 0.1) is 2.88 Å². The maximum absolute atomic E-state index is 11.5. The molecule has 2 atom stereocenters. The van der Waals surface area contributed by atoms with E-state index in [9.17, 15) is 8.42 Å². The average molecular weight is 397 g/mol. The van der Waals surface area contributed by atoms with Gasteiger partial charge in [0.25, 0.3) is 0 Å². The molecule has 2 unspecified atom stereocenters. The lowest BCUT2D eigenvalue weighted by Crippen LogP contribution is -2.35. The Bertz CT molecular complexity index is 552. The standard InChI is InChI=1S/C12H16INO2S2/c13-12-6-9-10(2-1-3-11(9)17-12)14-8-4-5-18(15,16)7-8/h6,8,10,14H,1-5,7H2. The smallest absolute Gasteiger partial charge is 0.151 e. The monoisotopic (exact) mass is 397 g/mol. The molecule has 1 aromatic rings. The summed E-state index contributed by atoms with van der Waals surface area (Å²) in [6.45, 7) is 0. The molecule has 1 N–H and O–H groups in total. The molecule has 0 bridgehead atoms. The summed E-state index contributed by atoms with van der Waals surface area (Å²) in [5, 5.41) is 3.57. The minimum atomic E-state index is -2.78. The second-order valence-electron chi connectivity index (χ2n) is 5.14. The molecule has 2 heterocycles. The topological polar surface area (TPSA) is 46.2 Å². The maximum atomic E-state index is 11.5. The maximum Gasteiger partial charge on any atom is 0.151 e. The lowest BCUT2D eigenvalue weighted by molar-refractivity contribution is 0.414. The second-order valence-corrected chi connectivity index (χ2v) is 10.4. The number of nitrogens with one attached hydrogen (secondary N) is 1. The lowest BCUT2D eigenvalue weighted by Gasteiger charge is -2.26. The number of hydrogen-bond donors (Lipinski definition) is 1. The van der Waals surface area contributed by atoms with Crippen LogP contribution in [0.4, 0.5) is 0 Å². The van der Waals surface area contributed by atoms with Crippen molar-refractivity contribution in [3.63, 3.8) is 0 Å². The third kappa shape index (κ3) is 2.76. The van der Waals surface area contributed by atoms with Crippen LogP contribution in [-0.4, -0.2) is 26.0 Å². The highest BCUT2D eigenvalue weighted by Gasteiger charge is 2.31. The summed E-state index contributed by atoms with van der Waals surface area (Å²) in [6.07, 6.45) is 4.30. The third-order valence-corrected chi connectivity index (χ3v) is 7.49. The first-order valence-electron chi connectivity index (χ1n) is 6.28. The molecular weight excluding hydrogens is 381 g/mol. The van der Waals surface area contributed by atoms with Crippen LogP contribution in [0.3, 0.4) is 0 Å². The van der Waals surface area contributed by atoms with Crippen molar-refractivity contribution in [2.45, 2.75) is 37.8 Å². The van der Waals surface area contributed by atoms with E-state index in [1.807, 2.05) is 11.3 Å². The van der Waals surface area contributed by atoms with Crippen molar-refractivity contribution >= 4 is 43.8 Å². The Morgan fingerprint density at radius 3 is 2.94 bits per heavy atom. The molecule has 0 saturated carbocycles. The van der Waals surface area contributed by atoms with Crippen molar-refractivity contribution in [3.8, 4) is 0 Å². The van der Waals surface area contributed by atoms with Gasteiger partial charge < -0.3 is 5.32 Å². The van der Waals surface area contributed by atoms with E-state index in [1.54, 1.807) is 0 Å². The van der Waals surface area contributed by atoms with E-state index in [2.05, 4.69) is 34.0 Å². The SMILES string of the molecule is O=S1(=O)CCC(NC2CCCc3sc(I)cc32)C1. The summed E-state index contributed by atoms with van der Waals surface area (Å²) in [7, 11) is -2.78. The Labute approximate surface area is 125 Å². The van der Waals surface area contributed by atoms with Gasteiger partial charge >= 0.3 is 0 Å². The van der Waals surface area contributed by atoms with Gasteiger partial charge in [-0.2, -0.15) is 0 Å². The van der Waals surface area contributed by atoms with Crippen LogP contribution in [0.5, 0.6) is 0 Å². The number of fused-ring (bicyclic) bond motifs is 1. The molecule has 18 heavy (non-hydrogen) atoms. The molecule has 0 spiro atoms. The summed E-state index contributed by atoms with van der Waals surface area (Å²) in [5.74, 6) is 0.672. The van der Waals surface area contributed by atoms with Gasteiger partial charge in [0.05, 0.1) is 14.4 Å². The molecule has 1 aliphatic carbocycles.